The quantitative estimate of drug-likeness (QED) is 0.905. The molecule has 25 heavy (non-hydrogen) atoms. The van der Waals surface area contributed by atoms with Gasteiger partial charge in [0.05, 0.1) is 18.3 Å². The van der Waals surface area contributed by atoms with Crippen LogP contribution in [0.3, 0.4) is 0 Å². The van der Waals surface area contributed by atoms with Crippen LogP contribution in [-0.2, 0) is 17.9 Å². The summed E-state index contributed by atoms with van der Waals surface area (Å²) in [7, 11) is 0. The van der Waals surface area contributed by atoms with Gasteiger partial charge in [0.2, 0.25) is 11.8 Å². The van der Waals surface area contributed by atoms with Crippen LogP contribution in [0.15, 0.2) is 28.7 Å². The van der Waals surface area contributed by atoms with Gasteiger partial charge >= 0.3 is 0 Å². The van der Waals surface area contributed by atoms with Crippen LogP contribution < -0.4 is 5.32 Å². The van der Waals surface area contributed by atoms with E-state index in [4.69, 9.17) is 4.42 Å². The van der Waals surface area contributed by atoms with Crippen molar-refractivity contribution in [2.45, 2.75) is 52.2 Å². The first kappa shape index (κ1) is 17.6. The molecular formula is C19H24FN3O2. The largest absolute Gasteiger partial charge is 0.444 e. The third-order valence-corrected chi connectivity index (χ3v) is 4.70. The van der Waals surface area contributed by atoms with E-state index in [1.165, 1.54) is 12.1 Å². The fraction of sp³-hybridized carbons (Fsp3) is 0.474. The minimum Gasteiger partial charge on any atom is -0.444 e. The second kappa shape index (κ2) is 7.78. The Balaban J connectivity index is 1.61. The SMILES string of the molecule is Cc1nc(CNC(=O)[C@H]2CCCCN2Cc2ccc(F)cc2)oc1C. The lowest BCUT2D eigenvalue weighted by Crippen LogP contribution is -2.48. The average Bonchev–Trinajstić information content (AvgIpc) is 2.93. The number of carbonyl (C=O) groups is 1. The normalized spacial score (nSPS) is 18.3. The number of rotatable bonds is 5. The maximum Gasteiger partial charge on any atom is 0.237 e. The molecule has 2 aromatic rings. The van der Waals surface area contributed by atoms with Crippen molar-refractivity contribution in [3.05, 3.63) is 53.0 Å². The van der Waals surface area contributed by atoms with E-state index in [-0.39, 0.29) is 17.8 Å². The number of aromatic nitrogens is 1. The number of nitrogens with zero attached hydrogens (tertiary/aromatic N) is 2. The van der Waals surface area contributed by atoms with Crippen molar-refractivity contribution < 1.29 is 13.6 Å². The van der Waals surface area contributed by atoms with Gasteiger partial charge in [0.1, 0.15) is 11.6 Å². The Bertz CT molecular complexity index is 707. The molecule has 1 aliphatic rings. The van der Waals surface area contributed by atoms with Gasteiger partial charge in [-0.25, -0.2) is 9.37 Å². The van der Waals surface area contributed by atoms with Crippen LogP contribution in [-0.4, -0.2) is 28.4 Å². The summed E-state index contributed by atoms with van der Waals surface area (Å²) in [5.74, 6) is 1.06. The first-order chi connectivity index (χ1) is 12.0. The summed E-state index contributed by atoms with van der Waals surface area (Å²) < 4.78 is 18.6. The molecule has 134 valence electrons. The molecular weight excluding hydrogens is 321 g/mol. The lowest BCUT2D eigenvalue weighted by Gasteiger charge is -2.34. The van der Waals surface area contributed by atoms with Gasteiger partial charge in [-0.1, -0.05) is 18.6 Å². The maximum atomic E-state index is 13.1. The van der Waals surface area contributed by atoms with E-state index in [9.17, 15) is 9.18 Å². The Kier molecular flexibility index (Phi) is 5.48. The summed E-state index contributed by atoms with van der Waals surface area (Å²) in [4.78, 5) is 19.1. The van der Waals surface area contributed by atoms with E-state index in [2.05, 4.69) is 15.2 Å². The molecule has 0 saturated carbocycles. The third kappa shape index (κ3) is 4.45. The summed E-state index contributed by atoms with van der Waals surface area (Å²) in [5.41, 5.74) is 1.86. The fourth-order valence-corrected chi connectivity index (χ4v) is 3.20. The number of nitrogens with one attached hydrogen (secondary N) is 1. The number of amides is 1. The molecule has 0 bridgehead atoms. The number of hydrogen-bond donors (Lipinski definition) is 1. The zero-order valence-corrected chi connectivity index (χ0v) is 14.7. The minimum absolute atomic E-state index is 0.00434. The van der Waals surface area contributed by atoms with Crippen molar-refractivity contribution in [3.8, 4) is 0 Å². The third-order valence-electron chi connectivity index (χ3n) is 4.70. The first-order valence-corrected chi connectivity index (χ1v) is 8.72. The molecule has 1 aromatic carbocycles. The smallest absolute Gasteiger partial charge is 0.237 e. The van der Waals surface area contributed by atoms with Crippen molar-refractivity contribution >= 4 is 5.91 Å². The Labute approximate surface area is 147 Å². The summed E-state index contributed by atoms with van der Waals surface area (Å²) in [6, 6.07) is 6.30. The zero-order chi connectivity index (χ0) is 17.8. The Morgan fingerprint density at radius 2 is 2.08 bits per heavy atom. The summed E-state index contributed by atoms with van der Waals surface area (Å²) in [6.07, 6.45) is 2.94. The minimum atomic E-state index is -0.242. The molecule has 3 rings (SSSR count). The topological polar surface area (TPSA) is 58.4 Å². The zero-order valence-electron chi connectivity index (χ0n) is 14.7. The predicted molar refractivity (Wildman–Crippen MR) is 92.3 cm³/mol. The van der Waals surface area contributed by atoms with Crippen molar-refractivity contribution in [1.29, 1.82) is 0 Å². The number of benzene rings is 1. The Morgan fingerprint density at radius 1 is 1.32 bits per heavy atom. The monoisotopic (exact) mass is 345 g/mol. The number of likely N-dealkylation sites (tertiary alicyclic amines) is 1. The molecule has 0 spiro atoms. The van der Waals surface area contributed by atoms with Gasteiger partial charge in [0.15, 0.2) is 0 Å². The van der Waals surface area contributed by atoms with Crippen LogP contribution in [0.5, 0.6) is 0 Å². The number of aryl methyl sites for hydroxylation is 2. The van der Waals surface area contributed by atoms with Crippen LogP contribution in [0.25, 0.3) is 0 Å². The lowest BCUT2D eigenvalue weighted by atomic mass is 10.0. The van der Waals surface area contributed by atoms with E-state index >= 15 is 0 Å². The molecule has 1 aromatic heterocycles. The Hall–Kier alpha value is -2.21. The molecule has 0 aliphatic carbocycles. The van der Waals surface area contributed by atoms with Gasteiger partial charge in [0, 0.05) is 6.54 Å². The molecule has 5 nitrogen and oxygen atoms in total. The van der Waals surface area contributed by atoms with Gasteiger partial charge in [-0.15, -0.1) is 0 Å². The van der Waals surface area contributed by atoms with E-state index in [0.717, 1.165) is 42.8 Å². The van der Waals surface area contributed by atoms with Crippen LogP contribution >= 0.6 is 0 Å². The van der Waals surface area contributed by atoms with Crippen molar-refractivity contribution in [2.75, 3.05) is 6.54 Å². The predicted octanol–water partition coefficient (Wildman–Crippen LogP) is 3.10. The van der Waals surface area contributed by atoms with Gasteiger partial charge in [-0.3, -0.25) is 9.69 Å². The summed E-state index contributed by atoms with van der Waals surface area (Å²) in [5, 5.41) is 2.94. The Morgan fingerprint density at radius 3 is 2.76 bits per heavy atom. The van der Waals surface area contributed by atoms with Crippen LogP contribution in [0, 0.1) is 19.7 Å². The molecule has 0 radical (unpaired) electrons. The highest BCUT2D eigenvalue weighted by Gasteiger charge is 2.28. The molecule has 0 unspecified atom stereocenters. The van der Waals surface area contributed by atoms with Gasteiger partial charge in [0.25, 0.3) is 0 Å². The van der Waals surface area contributed by atoms with E-state index < -0.39 is 0 Å². The summed E-state index contributed by atoms with van der Waals surface area (Å²) in [6.45, 7) is 5.56. The molecule has 1 N–H and O–H groups in total. The highest BCUT2D eigenvalue weighted by Crippen LogP contribution is 2.20. The molecule has 1 saturated heterocycles. The molecule has 1 atom stereocenters. The molecule has 6 heteroatoms. The second-order valence-corrected chi connectivity index (χ2v) is 6.58. The number of halogens is 1. The van der Waals surface area contributed by atoms with E-state index in [1.807, 2.05) is 13.8 Å². The van der Waals surface area contributed by atoms with Crippen LogP contribution in [0.1, 0.15) is 42.2 Å². The fourth-order valence-electron chi connectivity index (χ4n) is 3.20. The first-order valence-electron chi connectivity index (χ1n) is 8.72. The highest BCUT2D eigenvalue weighted by molar-refractivity contribution is 5.81. The standard InChI is InChI=1S/C19H24FN3O2/c1-13-14(2)25-18(22-13)11-21-19(24)17-5-3-4-10-23(17)12-15-6-8-16(20)9-7-15/h6-9,17H,3-5,10-12H2,1-2H3,(H,21,24)/t17-/m1/s1. The molecule has 1 aliphatic heterocycles. The number of hydrogen-bond acceptors (Lipinski definition) is 4. The van der Waals surface area contributed by atoms with Gasteiger partial charge in [-0.2, -0.15) is 0 Å². The second-order valence-electron chi connectivity index (χ2n) is 6.58. The molecule has 1 amide bonds. The molecule has 1 fully saturated rings. The number of carbonyl (C=O) groups excluding carboxylic acids is 1. The van der Waals surface area contributed by atoms with Crippen molar-refractivity contribution in [1.82, 2.24) is 15.2 Å². The number of piperidine rings is 1. The highest BCUT2D eigenvalue weighted by atomic mass is 19.1. The average molecular weight is 345 g/mol. The van der Waals surface area contributed by atoms with Gasteiger partial charge < -0.3 is 9.73 Å². The van der Waals surface area contributed by atoms with Crippen molar-refractivity contribution in [2.24, 2.45) is 0 Å². The van der Waals surface area contributed by atoms with Crippen LogP contribution in [0.4, 0.5) is 4.39 Å². The van der Waals surface area contributed by atoms with Crippen molar-refractivity contribution in [3.63, 3.8) is 0 Å². The maximum absolute atomic E-state index is 13.1. The van der Waals surface area contributed by atoms with E-state index in [0.29, 0.717) is 19.0 Å². The van der Waals surface area contributed by atoms with E-state index in [1.54, 1.807) is 12.1 Å². The lowest BCUT2D eigenvalue weighted by molar-refractivity contribution is -0.128. The number of oxazole rings is 1. The van der Waals surface area contributed by atoms with Crippen LogP contribution in [0.2, 0.25) is 0 Å². The summed E-state index contributed by atoms with van der Waals surface area (Å²) >= 11 is 0. The molecule has 2 heterocycles. The van der Waals surface area contributed by atoms with Gasteiger partial charge in [-0.05, 0) is 50.9 Å².